The van der Waals surface area contributed by atoms with Crippen molar-refractivity contribution in [1.29, 1.82) is 0 Å². The molecule has 2 aliphatic rings. The number of piperidine rings is 1. The molecule has 0 radical (unpaired) electrons. The highest BCUT2D eigenvalue weighted by molar-refractivity contribution is 5.68. The topological polar surface area (TPSA) is 41.6 Å². The summed E-state index contributed by atoms with van der Waals surface area (Å²) in [5.74, 6) is 0.879. The minimum Gasteiger partial charge on any atom is -0.444 e. The monoisotopic (exact) mass is 268 g/mol. The fourth-order valence-electron chi connectivity index (χ4n) is 2.63. The molecule has 1 aliphatic carbocycles. The summed E-state index contributed by atoms with van der Waals surface area (Å²) in [6.45, 7) is 9.81. The summed E-state index contributed by atoms with van der Waals surface area (Å²) in [5.41, 5.74) is -0.412. The fraction of sp³-hybridized carbons (Fsp3) is 0.933. The zero-order valence-corrected chi connectivity index (χ0v) is 12.7. The van der Waals surface area contributed by atoms with Crippen LogP contribution in [-0.4, -0.2) is 41.8 Å². The molecule has 4 heteroatoms. The third kappa shape index (κ3) is 4.37. The van der Waals surface area contributed by atoms with Gasteiger partial charge in [0.25, 0.3) is 0 Å². The van der Waals surface area contributed by atoms with Crippen molar-refractivity contribution in [2.24, 2.45) is 5.92 Å². The zero-order valence-electron chi connectivity index (χ0n) is 12.7. The van der Waals surface area contributed by atoms with Crippen LogP contribution in [0, 0.1) is 5.92 Å². The summed E-state index contributed by atoms with van der Waals surface area (Å²) >= 11 is 0. The van der Waals surface area contributed by atoms with Crippen LogP contribution < -0.4 is 5.32 Å². The second-order valence-corrected chi connectivity index (χ2v) is 7.01. The Kier molecular flexibility index (Phi) is 4.39. The first-order chi connectivity index (χ1) is 8.87. The van der Waals surface area contributed by atoms with Crippen molar-refractivity contribution < 1.29 is 9.53 Å². The molecular formula is C15H28N2O2. The van der Waals surface area contributed by atoms with E-state index in [9.17, 15) is 4.79 Å². The summed E-state index contributed by atoms with van der Waals surface area (Å²) in [5, 5.41) is 3.63. The number of carbonyl (C=O) groups excluding carboxylic acids is 1. The third-order valence-corrected chi connectivity index (χ3v) is 3.98. The van der Waals surface area contributed by atoms with E-state index in [1.54, 1.807) is 0 Å². The van der Waals surface area contributed by atoms with Gasteiger partial charge in [-0.15, -0.1) is 0 Å². The van der Waals surface area contributed by atoms with E-state index >= 15 is 0 Å². The molecular weight excluding hydrogens is 240 g/mol. The number of hydrogen-bond acceptors (Lipinski definition) is 3. The predicted molar refractivity (Wildman–Crippen MR) is 76.2 cm³/mol. The van der Waals surface area contributed by atoms with E-state index in [2.05, 4.69) is 12.2 Å². The molecule has 1 amide bonds. The molecule has 0 aromatic carbocycles. The Bertz CT molecular complexity index is 321. The third-order valence-electron chi connectivity index (χ3n) is 3.98. The molecule has 4 nitrogen and oxygen atoms in total. The summed E-state index contributed by atoms with van der Waals surface area (Å²) in [7, 11) is 0. The molecule has 110 valence electrons. The number of likely N-dealkylation sites (tertiary alicyclic amines) is 1. The van der Waals surface area contributed by atoms with E-state index in [1.165, 1.54) is 12.8 Å². The smallest absolute Gasteiger partial charge is 0.410 e. The highest BCUT2D eigenvalue weighted by Gasteiger charge is 2.34. The lowest BCUT2D eigenvalue weighted by Gasteiger charge is -2.40. The van der Waals surface area contributed by atoms with Gasteiger partial charge in [0.05, 0.1) is 0 Å². The van der Waals surface area contributed by atoms with Crippen molar-refractivity contribution in [1.82, 2.24) is 10.2 Å². The van der Waals surface area contributed by atoms with Gasteiger partial charge >= 0.3 is 6.09 Å². The molecule has 1 N–H and O–H groups in total. The van der Waals surface area contributed by atoms with Crippen molar-refractivity contribution in [2.75, 3.05) is 13.1 Å². The maximum Gasteiger partial charge on any atom is 0.410 e. The highest BCUT2D eigenvalue weighted by Crippen LogP contribution is 2.28. The zero-order chi connectivity index (χ0) is 14.0. The molecule has 1 saturated carbocycles. The van der Waals surface area contributed by atoms with E-state index in [0.717, 1.165) is 31.8 Å². The maximum atomic E-state index is 12.2. The van der Waals surface area contributed by atoms with Gasteiger partial charge in [-0.3, -0.25) is 0 Å². The van der Waals surface area contributed by atoms with Crippen LogP contribution >= 0.6 is 0 Å². The first kappa shape index (κ1) is 14.6. The Labute approximate surface area is 116 Å². The van der Waals surface area contributed by atoms with Crippen molar-refractivity contribution in [3.63, 3.8) is 0 Å². The number of nitrogens with zero attached hydrogens (tertiary/aromatic N) is 1. The van der Waals surface area contributed by atoms with E-state index in [4.69, 9.17) is 4.74 Å². The van der Waals surface area contributed by atoms with Crippen molar-refractivity contribution in [3.05, 3.63) is 0 Å². The Morgan fingerprint density at radius 2 is 2.00 bits per heavy atom. The number of hydrogen-bond donors (Lipinski definition) is 1. The fourth-order valence-corrected chi connectivity index (χ4v) is 2.63. The molecule has 2 rings (SSSR count). The van der Waals surface area contributed by atoms with Gasteiger partial charge in [-0.25, -0.2) is 4.79 Å². The number of ether oxygens (including phenoxy) is 1. The number of amides is 1. The van der Waals surface area contributed by atoms with Crippen LogP contribution in [0.15, 0.2) is 0 Å². The van der Waals surface area contributed by atoms with Crippen LogP contribution in [0.2, 0.25) is 0 Å². The van der Waals surface area contributed by atoms with E-state index in [0.29, 0.717) is 6.04 Å². The summed E-state index contributed by atoms with van der Waals surface area (Å²) in [4.78, 5) is 14.1. The molecule has 0 aromatic rings. The summed E-state index contributed by atoms with van der Waals surface area (Å²) in [6.07, 6.45) is 4.78. The summed E-state index contributed by atoms with van der Waals surface area (Å²) < 4.78 is 5.49. The molecule has 0 spiro atoms. The molecule has 2 unspecified atom stereocenters. The molecule has 0 bridgehead atoms. The van der Waals surface area contributed by atoms with Gasteiger partial charge in [0.2, 0.25) is 0 Å². The molecule has 2 fully saturated rings. The lowest BCUT2D eigenvalue weighted by Crippen LogP contribution is -2.55. The van der Waals surface area contributed by atoms with E-state index < -0.39 is 5.60 Å². The largest absolute Gasteiger partial charge is 0.444 e. The van der Waals surface area contributed by atoms with Crippen molar-refractivity contribution >= 4 is 6.09 Å². The molecule has 1 saturated heterocycles. The quantitative estimate of drug-likeness (QED) is 0.855. The first-order valence-electron chi connectivity index (χ1n) is 7.60. The van der Waals surface area contributed by atoms with Crippen LogP contribution in [0.4, 0.5) is 4.79 Å². The molecule has 2 atom stereocenters. The van der Waals surface area contributed by atoms with Gasteiger partial charge in [-0.05, 0) is 65.8 Å². The van der Waals surface area contributed by atoms with Gasteiger partial charge in [0.1, 0.15) is 5.60 Å². The molecule has 0 aromatic heterocycles. The number of carbonyl (C=O) groups is 1. The van der Waals surface area contributed by atoms with E-state index in [-0.39, 0.29) is 12.1 Å². The lowest BCUT2D eigenvalue weighted by molar-refractivity contribution is 0.00705. The standard InChI is InChI=1S/C15H28N2O2/c1-11-13(16-10-12-7-8-12)6-5-9-17(11)14(18)19-15(2,3)4/h11-13,16H,5-10H2,1-4H3. The number of rotatable bonds is 3. The van der Waals surface area contributed by atoms with Crippen LogP contribution in [0.3, 0.4) is 0 Å². The van der Waals surface area contributed by atoms with Gasteiger partial charge in [-0.1, -0.05) is 0 Å². The molecule has 1 aliphatic heterocycles. The van der Waals surface area contributed by atoms with Crippen molar-refractivity contribution in [2.45, 2.75) is 71.1 Å². The van der Waals surface area contributed by atoms with E-state index in [1.807, 2.05) is 25.7 Å². The van der Waals surface area contributed by atoms with Crippen molar-refractivity contribution in [3.8, 4) is 0 Å². The minimum atomic E-state index is -0.412. The molecule has 1 heterocycles. The minimum absolute atomic E-state index is 0.169. The van der Waals surface area contributed by atoms with Crippen LogP contribution in [0.25, 0.3) is 0 Å². The Balaban J connectivity index is 1.86. The Hall–Kier alpha value is -0.770. The predicted octanol–water partition coefficient (Wildman–Crippen LogP) is 2.77. The summed E-state index contributed by atoms with van der Waals surface area (Å²) in [6, 6.07) is 0.643. The van der Waals surface area contributed by atoms with Gasteiger partial charge in [-0.2, -0.15) is 0 Å². The number of nitrogens with one attached hydrogen (secondary N) is 1. The average molecular weight is 268 g/mol. The van der Waals surface area contributed by atoms with Gasteiger partial charge in [0.15, 0.2) is 0 Å². The van der Waals surface area contributed by atoms with Crippen LogP contribution in [0.5, 0.6) is 0 Å². The maximum absolute atomic E-state index is 12.2. The normalized spacial score (nSPS) is 28.3. The first-order valence-corrected chi connectivity index (χ1v) is 7.60. The highest BCUT2D eigenvalue weighted by atomic mass is 16.6. The lowest BCUT2D eigenvalue weighted by atomic mass is 9.97. The van der Waals surface area contributed by atoms with Crippen LogP contribution in [-0.2, 0) is 4.74 Å². The SMILES string of the molecule is CC1C(NCC2CC2)CCCN1C(=O)OC(C)(C)C. The Morgan fingerprint density at radius 1 is 1.32 bits per heavy atom. The second-order valence-electron chi connectivity index (χ2n) is 7.01. The van der Waals surface area contributed by atoms with Gasteiger partial charge in [0, 0.05) is 18.6 Å². The second kappa shape index (κ2) is 5.70. The molecule has 19 heavy (non-hydrogen) atoms. The van der Waals surface area contributed by atoms with Gasteiger partial charge < -0.3 is 15.0 Å². The van der Waals surface area contributed by atoms with Crippen LogP contribution in [0.1, 0.15) is 53.4 Å². The average Bonchev–Trinajstić information content (AvgIpc) is 3.09. The Morgan fingerprint density at radius 3 is 2.58 bits per heavy atom.